The number of nitrogens with one attached hydrogen (secondary N) is 5. The van der Waals surface area contributed by atoms with Crippen molar-refractivity contribution in [3.05, 3.63) is 152 Å². The zero-order chi connectivity index (χ0) is 90.6. The quantitative estimate of drug-likeness (QED) is 0.0221. The van der Waals surface area contributed by atoms with Gasteiger partial charge in [-0.05, 0) is 130 Å². The van der Waals surface area contributed by atoms with E-state index in [2.05, 4.69) is 23.6 Å². The van der Waals surface area contributed by atoms with E-state index in [-0.39, 0.29) is 40.0 Å². The minimum atomic E-state index is -3.56. The van der Waals surface area contributed by atoms with Crippen LogP contribution >= 0.6 is 0 Å². The Kier molecular flexibility index (Phi) is 53.2. The molecule has 0 saturated carbocycles. The van der Waals surface area contributed by atoms with E-state index in [1.54, 1.807) is 123 Å². The number of nitrogens with zero attached hydrogens (tertiary/aromatic N) is 2. The molecule has 0 bridgehead atoms. The second-order valence-electron chi connectivity index (χ2n) is 25.8. The molecule has 0 unspecified atom stereocenters. The zero-order valence-corrected chi connectivity index (χ0v) is 78.5. The third-order valence-electron chi connectivity index (χ3n) is 17.0. The highest BCUT2D eigenvalue weighted by atomic mass is 32.2. The first kappa shape index (κ1) is 110. The Morgan fingerprint density at radius 3 is 0.958 bits per heavy atom. The van der Waals surface area contributed by atoms with Crippen LogP contribution in [0, 0.1) is 0 Å². The molecular weight excluding hydrogens is 1690 g/mol. The highest BCUT2D eigenvalue weighted by molar-refractivity contribution is 7.91. The molecule has 7 aromatic carbocycles. The van der Waals surface area contributed by atoms with Gasteiger partial charge >= 0.3 is 0 Å². The van der Waals surface area contributed by atoms with Gasteiger partial charge in [-0.2, -0.15) is 0 Å². The monoisotopic (exact) mass is 1820 g/mol. The van der Waals surface area contributed by atoms with E-state index in [0.29, 0.717) is 97.6 Å². The van der Waals surface area contributed by atoms with Crippen LogP contribution < -0.4 is 71.0 Å². The SMILES string of the molecule is CCCCN(C)S(=O)(=O)c1cccc(OC)c1.CCCCN(C)S(=O)(=O)c1ccccc1OC.CCCCNS(=O)(=O)c1cc(OC)ccc1OC.CCCCNS(=O)(=O)c1ccc(OC)c(OC)c1.CCCCNS(=O)(=O)c1ccc(OC)cc1OC.CCCCNS(=O)(=O)c1cccc(OC)c1.CCCCNS(=O)(=O)c1ccccc1OC. The lowest BCUT2D eigenvalue weighted by atomic mass is 10.3. The van der Waals surface area contributed by atoms with Gasteiger partial charge in [-0.25, -0.2) is 91.1 Å². The normalized spacial score (nSPS) is 11.4. The van der Waals surface area contributed by atoms with E-state index in [4.69, 9.17) is 47.4 Å². The fourth-order valence-electron chi connectivity index (χ4n) is 9.84. The van der Waals surface area contributed by atoms with Crippen LogP contribution in [0.25, 0.3) is 0 Å². The maximum Gasteiger partial charge on any atom is 0.246 e. The van der Waals surface area contributed by atoms with Crippen molar-refractivity contribution in [2.75, 3.05) is 131 Å². The lowest BCUT2D eigenvalue weighted by molar-refractivity contribution is 0.354. The smallest absolute Gasteiger partial charge is 0.246 e. The Labute approximate surface area is 716 Å². The summed E-state index contributed by atoms with van der Waals surface area (Å²) < 4.78 is 234. The number of para-hydroxylation sites is 2. The van der Waals surface area contributed by atoms with Crippen LogP contribution in [0.5, 0.6) is 57.5 Å². The van der Waals surface area contributed by atoms with Crippen molar-refractivity contribution in [1.82, 2.24) is 32.2 Å². The van der Waals surface area contributed by atoms with Gasteiger partial charge in [0.2, 0.25) is 70.2 Å². The maximum absolute atomic E-state index is 12.3. The molecule has 0 amide bonds. The van der Waals surface area contributed by atoms with Crippen LogP contribution in [0.4, 0.5) is 0 Å². The number of rotatable bonds is 45. The van der Waals surface area contributed by atoms with Crippen molar-refractivity contribution in [2.24, 2.45) is 0 Å². The van der Waals surface area contributed by atoms with Gasteiger partial charge in [-0.1, -0.05) is 130 Å². The highest BCUT2D eigenvalue weighted by Gasteiger charge is 2.26. The van der Waals surface area contributed by atoms with E-state index in [1.807, 2.05) is 48.5 Å². The molecule has 120 heavy (non-hydrogen) atoms. The van der Waals surface area contributed by atoms with E-state index in [0.717, 1.165) is 89.9 Å². The average Bonchev–Trinajstić information content (AvgIpc) is 0.841. The molecular formula is C82H129N7O24S7. The molecule has 0 heterocycles. The average molecular weight is 1820 g/mol. The fourth-order valence-corrected chi connectivity index (χ4v) is 18.4. The molecule has 678 valence electrons. The predicted molar refractivity (Wildman–Crippen MR) is 471 cm³/mol. The number of benzene rings is 7. The predicted octanol–water partition coefficient (Wildman–Crippen LogP) is 13.1. The molecule has 38 heteroatoms. The molecule has 0 fully saturated rings. The number of hydrogen-bond acceptors (Lipinski definition) is 24. The van der Waals surface area contributed by atoms with Crippen LogP contribution in [-0.2, 0) is 70.2 Å². The van der Waals surface area contributed by atoms with Crippen molar-refractivity contribution in [1.29, 1.82) is 0 Å². The van der Waals surface area contributed by atoms with Crippen LogP contribution in [0.3, 0.4) is 0 Å². The Hall–Kier alpha value is -8.09. The second kappa shape index (κ2) is 58.1. The Balaban J connectivity index is 0.000000700. The molecule has 0 radical (unpaired) electrons. The van der Waals surface area contributed by atoms with Crippen LogP contribution in [-0.4, -0.2) is 199 Å². The van der Waals surface area contributed by atoms with Crippen LogP contribution in [0.1, 0.15) is 138 Å². The molecule has 0 aromatic heterocycles. The molecule has 0 aliphatic carbocycles. The molecule has 5 N–H and O–H groups in total. The first-order valence-electron chi connectivity index (χ1n) is 39.0. The Morgan fingerprint density at radius 1 is 0.242 bits per heavy atom. The molecule has 31 nitrogen and oxygen atoms in total. The number of hydrogen-bond donors (Lipinski definition) is 5. The van der Waals surface area contributed by atoms with Crippen LogP contribution in [0.2, 0.25) is 0 Å². The number of methoxy groups -OCH3 is 10. The summed E-state index contributed by atoms with van der Waals surface area (Å²) >= 11 is 0. The van der Waals surface area contributed by atoms with E-state index < -0.39 is 70.2 Å². The topological polar surface area (TPSA) is 398 Å². The van der Waals surface area contributed by atoms with Gasteiger partial charge in [0.05, 0.1) is 85.8 Å². The highest BCUT2D eigenvalue weighted by Crippen LogP contribution is 2.33. The van der Waals surface area contributed by atoms with Crippen molar-refractivity contribution in [3.63, 3.8) is 0 Å². The summed E-state index contributed by atoms with van der Waals surface area (Å²) in [6.07, 6.45) is 12.4. The first-order chi connectivity index (χ1) is 56.9. The summed E-state index contributed by atoms with van der Waals surface area (Å²) in [5.41, 5.74) is 0. The van der Waals surface area contributed by atoms with Crippen molar-refractivity contribution < 1.29 is 106 Å². The summed E-state index contributed by atoms with van der Waals surface area (Å²) in [6, 6.07) is 40.1. The standard InChI is InChI=1S/3C12H19NO4S.2C12H19NO3S.2C11H17NO3S/c1-4-5-8-13-18(14,15)12-7-6-10(16-2)9-11(12)17-3;1-4-5-8-13-18(14,15)10-6-7-11(16-2)12(9-10)17-3;1-4-5-8-13-18(14,15)12-9-10(16-2)6-7-11(12)17-3;1-4-5-10-13(2)17(14,15)12-9-7-6-8-11(12)16-3;1-4-5-9-13(2)17(14,15)12-8-6-7-11(10-12)16-3;1-3-4-9-12-16(13,14)11-8-6-5-7-10(11)15-2;1-3-4-8-12-16(13,14)11-7-5-6-10(9-11)15-2/h3*6-7,9,13H,4-5,8H2,1-3H3;6-9H,4-5,10H2,1-3H3;6-8,10H,4-5,9H2,1-3H3;5-8,12H,3-4,9H2,1-2H3;5-7,9,12H,3-4,8H2,1-2H3. The minimum Gasteiger partial charge on any atom is -0.497 e. The molecule has 7 rings (SSSR count). The minimum absolute atomic E-state index is 0.0976. The Morgan fingerprint density at radius 2 is 0.550 bits per heavy atom. The molecule has 0 spiro atoms. The van der Waals surface area contributed by atoms with Gasteiger partial charge in [0, 0.05) is 90.2 Å². The zero-order valence-electron chi connectivity index (χ0n) is 72.8. The summed E-state index contributed by atoms with van der Waals surface area (Å²) in [7, 11) is -6.24. The maximum atomic E-state index is 12.3. The third kappa shape index (κ3) is 38.1. The van der Waals surface area contributed by atoms with Gasteiger partial charge in [-0.3, -0.25) is 0 Å². The Bertz CT molecular complexity index is 4960. The molecule has 0 aliphatic rings. The number of ether oxygens (including phenoxy) is 10. The summed E-state index contributed by atoms with van der Waals surface area (Å²) in [6.45, 7) is 17.4. The van der Waals surface area contributed by atoms with Gasteiger partial charge in [0.25, 0.3) is 0 Å². The summed E-state index contributed by atoms with van der Waals surface area (Å²) in [5.74, 6) is 4.36. The largest absolute Gasteiger partial charge is 0.497 e. The van der Waals surface area contributed by atoms with Gasteiger partial charge in [0.1, 0.15) is 65.6 Å². The molecule has 0 saturated heterocycles. The van der Waals surface area contributed by atoms with Crippen LogP contribution in [0.15, 0.2) is 186 Å². The molecule has 0 aliphatic heterocycles. The number of unbranched alkanes of at least 4 members (excludes halogenated alkanes) is 7. The summed E-state index contributed by atoms with van der Waals surface area (Å²) in [4.78, 5) is 1.33. The third-order valence-corrected chi connectivity index (χ3v) is 28.1. The van der Waals surface area contributed by atoms with Crippen molar-refractivity contribution in [3.8, 4) is 57.5 Å². The molecule has 7 aromatic rings. The van der Waals surface area contributed by atoms with Gasteiger partial charge in [0.15, 0.2) is 11.5 Å². The lowest BCUT2D eigenvalue weighted by Crippen LogP contribution is -2.28. The molecule has 0 atom stereocenters. The van der Waals surface area contributed by atoms with Gasteiger partial charge in [-0.15, -0.1) is 0 Å². The van der Waals surface area contributed by atoms with E-state index in [1.165, 1.54) is 122 Å². The van der Waals surface area contributed by atoms with E-state index >= 15 is 0 Å². The second-order valence-corrected chi connectivity index (χ2v) is 38.6. The summed E-state index contributed by atoms with van der Waals surface area (Å²) in [5, 5.41) is 0. The fraction of sp³-hybridized carbons (Fsp3) is 0.488. The number of sulfonamides is 7. The van der Waals surface area contributed by atoms with Gasteiger partial charge < -0.3 is 47.4 Å². The van der Waals surface area contributed by atoms with E-state index in [9.17, 15) is 58.9 Å². The van der Waals surface area contributed by atoms with Crippen molar-refractivity contribution in [2.45, 2.75) is 173 Å². The first-order valence-corrected chi connectivity index (χ1v) is 49.3. The van der Waals surface area contributed by atoms with Crippen molar-refractivity contribution >= 4 is 70.2 Å². The lowest BCUT2D eigenvalue weighted by Gasteiger charge is -2.18.